The van der Waals surface area contributed by atoms with Gasteiger partial charge in [0.15, 0.2) is 12.6 Å². The van der Waals surface area contributed by atoms with Gasteiger partial charge in [-0.25, -0.2) is 0 Å². The minimum absolute atomic E-state index is 0.0422. The summed E-state index contributed by atoms with van der Waals surface area (Å²) in [5.41, 5.74) is 0.00856. The summed E-state index contributed by atoms with van der Waals surface area (Å²) < 4.78 is 5.06. The molecule has 0 radical (unpaired) electrons. The fourth-order valence-corrected chi connectivity index (χ4v) is 1.66. The van der Waals surface area contributed by atoms with Crippen LogP contribution in [0.5, 0.6) is 11.5 Å². The molecule has 1 N–H and O–H groups in total. The second-order valence-electron chi connectivity index (χ2n) is 4.67. The zero-order valence-electron chi connectivity index (χ0n) is 14.5. The van der Waals surface area contributed by atoms with E-state index in [1.165, 1.54) is 31.4 Å². The maximum Gasteiger partial charge on any atom is 0.369 e. The highest BCUT2D eigenvalue weighted by molar-refractivity contribution is 9.69. The molecule has 2 aromatic rings. The topological polar surface area (TPSA) is 150 Å². The van der Waals surface area contributed by atoms with Crippen LogP contribution >= 0.6 is 47.3 Å². The van der Waals surface area contributed by atoms with Gasteiger partial charge in [0, 0.05) is 12.1 Å². The number of non-ortho nitro benzene ring substituents is 2. The summed E-state index contributed by atoms with van der Waals surface area (Å²) in [7, 11) is 1.35. The van der Waals surface area contributed by atoms with E-state index in [0.717, 1.165) is 12.1 Å². The Labute approximate surface area is 189 Å². The van der Waals surface area contributed by atoms with Crippen LogP contribution in [-0.4, -0.2) is 37.8 Å². The Bertz CT molecular complexity index is 880. The van der Waals surface area contributed by atoms with E-state index in [2.05, 4.69) is 47.3 Å². The number of methoxy groups -OCH3 is 1. The molecule has 0 saturated heterocycles. The molecule has 0 saturated carbocycles. The summed E-state index contributed by atoms with van der Waals surface area (Å²) in [6, 6.07) is 7.10. The highest BCUT2D eigenvalue weighted by atomic mass is 79.9. The molecular weight excluding hydrogens is 587 g/mol. The molecule has 14 heteroatoms. The van der Waals surface area contributed by atoms with Gasteiger partial charge < -0.3 is 9.84 Å². The lowest BCUT2D eigenvalue weighted by Crippen LogP contribution is -1.93. The summed E-state index contributed by atoms with van der Waals surface area (Å²) in [4.78, 5) is 39.9. The van der Waals surface area contributed by atoms with Crippen molar-refractivity contribution in [2.45, 2.75) is 0 Å². The lowest BCUT2D eigenvalue weighted by Gasteiger charge is -2.01. The molecule has 0 aliphatic carbocycles. The molecule has 154 valence electrons. The molecule has 10 nitrogen and oxygen atoms in total. The Kier molecular flexibility index (Phi) is 12.7. The van der Waals surface area contributed by atoms with Crippen molar-refractivity contribution in [1.29, 1.82) is 0 Å². The number of phenols is 1. The van der Waals surface area contributed by atoms with Gasteiger partial charge in [-0.2, -0.15) is 0 Å². The molecular formula is C15H12BBr3N2O8. The van der Waals surface area contributed by atoms with E-state index in [1.54, 1.807) is 0 Å². The van der Waals surface area contributed by atoms with Gasteiger partial charge in [0.1, 0.15) is 11.5 Å². The Morgan fingerprint density at radius 3 is 1.69 bits per heavy atom. The van der Waals surface area contributed by atoms with E-state index in [9.17, 15) is 29.8 Å². The molecule has 0 bridgehead atoms. The van der Waals surface area contributed by atoms with Crippen molar-refractivity contribution in [3.8, 4) is 11.5 Å². The maximum atomic E-state index is 10.4. The first-order valence-corrected chi connectivity index (χ1v) is 9.94. The molecule has 0 spiro atoms. The number of nitro benzene ring substituents is 2. The van der Waals surface area contributed by atoms with Crippen molar-refractivity contribution in [2.24, 2.45) is 0 Å². The quantitative estimate of drug-likeness (QED) is 0.225. The minimum Gasteiger partial charge on any atom is -0.507 e. The van der Waals surface area contributed by atoms with E-state index in [0.29, 0.717) is 18.1 Å². The van der Waals surface area contributed by atoms with Crippen molar-refractivity contribution in [2.75, 3.05) is 7.11 Å². The minimum atomic E-state index is -0.645. The summed E-state index contributed by atoms with van der Waals surface area (Å²) in [6.07, 6.45) is 1.02. The highest BCUT2D eigenvalue weighted by Gasteiger charge is 2.10. The van der Waals surface area contributed by atoms with Gasteiger partial charge in [0.25, 0.3) is 11.4 Å². The van der Waals surface area contributed by atoms with Gasteiger partial charge in [0.2, 0.25) is 0 Å². The molecule has 0 fully saturated rings. The predicted octanol–water partition coefficient (Wildman–Crippen LogP) is 4.68. The first-order valence-electron chi connectivity index (χ1n) is 7.19. The average molecular weight is 599 g/mol. The number of rotatable bonds is 5. The third-order valence-electron chi connectivity index (χ3n) is 2.91. The van der Waals surface area contributed by atoms with E-state index < -0.39 is 9.85 Å². The Hall–Kier alpha value is -2.32. The number of nitro groups is 2. The van der Waals surface area contributed by atoms with Crippen molar-refractivity contribution in [3.05, 3.63) is 67.8 Å². The van der Waals surface area contributed by atoms with Crippen molar-refractivity contribution < 1.29 is 29.3 Å². The smallest absolute Gasteiger partial charge is 0.369 e. The largest absolute Gasteiger partial charge is 0.507 e. The van der Waals surface area contributed by atoms with Gasteiger partial charge in [0.05, 0.1) is 40.2 Å². The molecule has 0 aliphatic heterocycles. The molecule has 0 atom stereocenters. The lowest BCUT2D eigenvalue weighted by molar-refractivity contribution is -0.385. The summed E-state index contributed by atoms with van der Waals surface area (Å²) in [5, 5.41) is 29.5. The number of halogens is 3. The second-order valence-corrected chi connectivity index (χ2v) is 11.1. The van der Waals surface area contributed by atoms with E-state index in [4.69, 9.17) is 9.84 Å². The number of benzene rings is 2. The standard InChI is InChI=1S/C8H7NO4.C7H5NO4.BBr3/c1-13-8-4-7(9(11)12)3-2-6(8)5-10;9-4-5-1-2-6(8(11)12)3-7(5)10;2-1(3)4/h2-5H,1H3;1-4,10H;. The first kappa shape index (κ1) is 26.7. The van der Waals surface area contributed by atoms with Crippen LogP contribution in [0.4, 0.5) is 11.4 Å². The summed E-state index contributed by atoms with van der Waals surface area (Å²) in [6.45, 7) is 0. The van der Waals surface area contributed by atoms with Gasteiger partial charge >= 0.3 is 3.18 Å². The maximum absolute atomic E-state index is 10.4. The number of nitrogens with zero attached hydrogens (tertiary/aromatic N) is 2. The highest BCUT2D eigenvalue weighted by Crippen LogP contribution is 2.23. The molecule has 2 aromatic carbocycles. The molecule has 0 unspecified atom stereocenters. The Morgan fingerprint density at radius 2 is 1.34 bits per heavy atom. The zero-order chi connectivity index (χ0) is 22.6. The van der Waals surface area contributed by atoms with Crippen LogP contribution in [0.15, 0.2) is 36.4 Å². The van der Waals surface area contributed by atoms with Crippen molar-refractivity contribution >= 4 is 74.4 Å². The normalized spacial score (nSPS) is 8.97. The number of aldehydes is 2. The summed E-state index contributed by atoms with van der Waals surface area (Å²) >= 11 is 9.31. The SMILES string of the molecule is BrB(Br)Br.COc1cc([N+](=O)[O-])ccc1C=O.O=Cc1ccc([N+](=O)[O-])cc1O. The molecule has 29 heavy (non-hydrogen) atoms. The van der Waals surface area contributed by atoms with Gasteiger partial charge in [-0.05, 0) is 12.1 Å². The third kappa shape index (κ3) is 10.1. The van der Waals surface area contributed by atoms with E-state index in [1.807, 2.05) is 0 Å². The zero-order valence-corrected chi connectivity index (χ0v) is 19.3. The molecule has 2 rings (SSSR count). The Balaban J connectivity index is 0.000000459. The molecule has 0 aliphatic rings. The fourth-order valence-electron chi connectivity index (χ4n) is 1.66. The number of aromatic hydroxyl groups is 1. The number of ether oxygens (including phenoxy) is 1. The third-order valence-corrected chi connectivity index (χ3v) is 2.91. The van der Waals surface area contributed by atoms with Crippen LogP contribution in [0.1, 0.15) is 20.7 Å². The van der Waals surface area contributed by atoms with Crippen molar-refractivity contribution in [3.63, 3.8) is 0 Å². The van der Waals surface area contributed by atoms with Crippen LogP contribution in [0, 0.1) is 20.2 Å². The number of phenolic OH excluding ortho intramolecular Hbond substituents is 1. The lowest BCUT2D eigenvalue weighted by atomic mass is 10.2. The molecule has 0 aromatic heterocycles. The van der Waals surface area contributed by atoms with Crippen LogP contribution < -0.4 is 4.74 Å². The fraction of sp³-hybridized carbons (Fsp3) is 0.0667. The number of carbonyl (C=O) groups is 2. The number of hydrogen-bond donors (Lipinski definition) is 1. The molecule has 0 amide bonds. The van der Waals surface area contributed by atoms with E-state index in [-0.39, 0.29) is 31.6 Å². The van der Waals surface area contributed by atoms with Gasteiger partial charge in [-0.15, -0.1) is 47.3 Å². The van der Waals surface area contributed by atoms with Crippen LogP contribution in [0.3, 0.4) is 0 Å². The first-order chi connectivity index (χ1) is 13.6. The average Bonchev–Trinajstić information content (AvgIpc) is 2.67. The van der Waals surface area contributed by atoms with Crippen LogP contribution in [0.25, 0.3) is 0 Å². The van der Waals surface area contributed by atoms with Crippen LogP contribution in [-0.2, 0) is 0 Å². The van der Waals surface area contributed by atoms with Gasteiger partial charge in [-0.1, -0.05) is 0 Å². The number of hydrogen-bond acceptors (Lipinski definition) is 8. The molecule has 0 heterocycles. The van der Waals surface area contributed by atoms with E-state index >= 15 is 0 Å². The second kappa shape index (κ2) is 13.8. The van der Waals surface area contributed by atoms with Gasteiger partial charge in [-0.3, -0.25) is 29.8 Å². The monoisotopic (exact) mass is 596 g/mol. The number of carbonyl (C=O) groups excluding carboxylic acids is 2. The predicted molar refractivity (Wildman–Crippen MR) is 118 cm³/mol. The Morgan fingerprint density at radius 1 is 0.931 bits per heavy atom. The van der Waals surface area contributed by atoms with Crippen molar-refractivity contribution in [1.82, 2.24) is 0 Å². The van der Waals surface area contributed by atoms with Crippen LogP contribution in [0.2, 0.25) is 0 Å². The summed E-state index contributed by atoms with van der Waals surface area (Å²) in [5.74, 6) is -0.164.